The van der Waals surface area contributed by atoms with E-state index >= 15 is 0 Å². The molecule has 0 aliphatic carbocycles. The van der Waals surface area contributed by atoms with Crippen LogP contribution in [0.4, 0.5) is 10.1 Å². The fraction of sp³-hybridized carbons (Fsp3) is 0.438. The number of nitrogens with zero attached hydrogens (tertiary/aromatic N) is 1. The molecule has 0 heterocycles. The van der Waals surface area contributed by atoms with Gasteiger partial charge in [0.05, 0.1) is 5.69 Å². The van der Waals surface area contributed by atoms with E-state index in [-0.39, 0.29) is 29.4 Å². The number of anilines is 1. The second-order valence-corrected chi connectivity index (χ2v) is 6.08. The SMILES string of the molecule is O=C(O)CCC(NC(=O)c1ccc(N(CCCl)CCCl)c(F)c1)C(=O)O. The van der Waals surface area contributed by atoms with E-state index < -0.39 is 36.1 Å². The van der Waals surface area contributed by atoms with Gasteiger partial charge in [-0.3, -0.25) is 9.59 Å². The first kappa shape index (κ1) is 22.0. The Labute approximate surface area is 159 Å². The highest BCUT2D eigenvalue weighted by Crippen LogP contribution is 2.21. The second-order valence-electron chi connectivity index (χ2n) is 5.33. The van der Waals surface area contributed by atoms with E-state index in [9.17, 15) is 18.8 Å². The Hall–Kier alpha value is -2.06. The van der Waals surface area contributed by atoms with Gasteiger partial charge >= 0.3 is 11.9 Å². The third-order valence-corrected chi connectivity index (χ3v) is 3.85. The van der Waals surface area contributed by atoms with Crippen LogP contribution in [0.1, 0.15) is 23.2 Å². The highest BCUT2D eigenvalue weighted by atomic mass is 35.5. The maximum atomic E-state index is 14.4. The number of carbonyl (C=O) groups is 3. The first-order chi connectivity index (χ1) is 12.3. The summed E-state index contributed by atoms with van der Waals surface area (Å²) in [5.41, 5.74) is 0.146. The molecule has 0 bridgehead atoms. The van der Waals surface area contributed by atoms with Gasteiger partial charge in [0.1, 0.15) is 11.9 Å². The molecule has 0 aliphatic heterocycles. The molecule has 1 unspecified atom stereocenters. The van der Waals surface area contributed by atoms with Crippen LogP contribution in [0.25, 0.3) is 0 Å². The average molecular weight is 409 g/mol. The molecular formula is C16H19Cl2FN2O5. The van der Waals surface area contributed by atoms with Gasteiger partial charge in [-0.2, -0.15) is 0 Å². The molecule has 0 spiro atoms. The summed E-state index contributed by atoms with van der Waals surface area (Å²) in [6, 6.07) is 2.33. The van der Waals surface area contributed by atoms with Crippen molar-refractivity contribution >= 4 is 46.7 Å². The zero-order valence-corrected chi connectivity index (χ0v) is 15.3. The van der Waals surface area contributed by atoms with Crippen LogP contribution in [0.2, 0.25) is 0 Å². The Morgan fingerprint density at radius 3 is 2.23 bits per heavy atom. The molecule has 26 heavy (non-hydrogen) atoms. The highest BCUT2D eigenvalue weighted by molar-refractivity contribution is 6.18. The molecule has 10 heteroatoms. The normalized spacial score (nSPS) is 11.7. The summed E-state index contributed by atoms with van der Waals surface area (Å²) in [5, 5.41) is 19.9. The molecule has 1 amide bonds. The average Bonchev–Trinajstić information content (AvgIpc) is 2.57. The lowest BCUT2D eigenvalue weighted by atomic mass is 10.1. The zero-order valence-electron chi connectivity index (χ0n) is 13.8. The third-order valence-electron chi connectivity index (χ3n) is 3.51. The lowest BCUT2D eigenvalue weighted by Crippen LogP contribution is -2.41. The number of aliphatic carboxylic acids is 2. The van der Waals surface area contributed by atoms with Gasteiger partial charge in [-0.05, 0) is 24.6 Å². The largest absolute Gasteiger partial charge is 0.481 e. The summed E-state index contributed by atoms with van der Waals surface area (Å²) in [7, 11) is 0. The van der Waals surface area contributed by atoms with Crippen LogP contribution in [0.3, 0.4) is 0 Å². The fourth-order valence-electron chi connectivity index (χ4n) is 2.23. The van der Waals surface area contributed by atoms with Crippen molar-refractivity contribution in [2.45, 2.75) is 18.9 Å². The van der Waals surface area contributed by atoms with Gasteiger partial charge in [0.15, 0.2) is 0 Å². The van der Waals surface area contributed by atoms with Crippen LogP contribution in [0.15, 0.2) is 18.2 Å². The Kier molecular flexibility index (Phi) is 9.15. The summed E-state index contributed by atoms with van der Waals surface area (Å²) in [6.45, 7) is 0.736. The summed E-state index contributed by atoms with van der Waals surface area (Å²) in [4.78, 5) is 35.4. The minimum absolute atomic E-state index is 0.0791. The number of benzene rings is 1. The van der Waals surface area contributed by atoms with Crippen LogP contribution < -0.4 is 10.2 Å². The molecule has 0 aromatic heterocycles. The number of hydrogen-bond donors (Lipinski definition) is 3. The molecule has 1 aromatic rings. The van der Waals surface area contributed by atoms with Gasteiger partial charge in [0.2, 0.25) is 0 Å². The number of carboxylic acids is 2. The second kappa shape index (κ2) is 10.8. The lowest BCUT2D eigenvalue weighted by molar-refractivity contribution is -0.140. The number of halogens is 3. The molecular weight excluding hydrogens is 390 g/mol. The van der Waals surface area contributed by atoms with Gasteiger partial charge < -0.3 is 20.4 Å². The van der Waals surface area contributed by atoms with Crippen LogP contribution in [0.5, 0.6) is 0 Å². The Bertz CT molecular complexity index is 654. The topological polar surface area (TPSA) is 107 Å². The number of amides is 1. The minimum atomic E-state index is -1.38. The van der Waals surface area contributed by atoms with Gasteiger partial charge in [0.25, 0.3) is 5.91 Å². The van der Waals surface area contributed by atoms with Gasteiger partial charge in [-0.1, -0.05) is 0 Å². The van der Waals surface area contributed by atoms with Crippen molar-refractivity contribution in [3.8, 4) is 0 Å². The van der Waals surface area contributed by atoms with Crippen molar-refractivity contribution in [2.75, 3.05) is 29.7 Å². The van der Waals surface area contributed by atoms with E-state index in [0.29, 0.717) is 13.1 Å². The summed E-state index contributed by atoms with van der Waals surface area (Å²) in [6.07, 6.45) is -0.702. The van der Waals surface area contributed by atoms with Crippen LogP contribution >= 0.6 is 23.2 Å². The first-order valence-electron chi connectivity index (χ1n) is 7.72. The third kappa shape index (κ3) is 6.68. The smallest absolute Gasteiger partial charge is 0.326 e. The van der Waals surface area contributed by atoms with Crippen LogP contribution in [0, 0.1) is 5.82 Å². The predicted molar refractivity (Wildman–Crippen MR) is 95.8 cm³/mol. The number of rotatable bonds is 11. The molecule has 0 saturated carbocycles. The number of nitrogens with one attached hydrogen (secondary N) is 1. The predicted octanol–water partition coefficient (Wildman–Crippen LogP) is 2.16. The van der Waals surface area contributed by atoms with Crippen LogP contribution in [-0.4, -0.2) is 59.0 Å². The fourth-order valence-corrected chi connectivity index (χ4v) is 2.64. The summed E-state index contributed by atoms with van der Waals surface area (Å²) >= 11 is 11.4. The van der Waals surface area contributed by atoms with Gasteiger partial charge in [0, 0.05) is 36.8 Å². The molecule has 1 rings (SSSR count). The molecule has 3 N–H and O–H groups in total. The minimum Gasteiger partial charge on any atom is -0.481 e. The zero-order chi connectivity index (χ0) is 19.7. The van der Waals surface area contributed by atoms with Gasteiger partial charge in [-0.15, -0.1) is 23.2 Å². The first-order valence-corrected chi connectivity index (χ1v) is 8.79. The van der Waals surface area contributed by atoms with Crippen molar-refractivity contribution in [1.82, 2.24) is 5.32 Å². The lowest BCUT2D eigenvalue weighted by Gasteiger charge is -2.23. The van der Waals surface area contributed by atoms with E-state index in [4.69, 9.17) is 33.4 Å². The van der Waals surface area contributed by atoms with E-state index in [1.807, 2.05) is 0 Å². The Balaban J connectivity index is 2.90. The monoisotopic (exact) mass is 408 g/mol. The molecule has 1 atom stereocenters. The van der Waals surface area contributed by atoms with Crippen molar-refractivity contribution in [3.05, 3.63) is 29.6 Å². The number of carboxylic acid groups (broad SMARTS) is 2. The Morgan fingerprint density at radius 2 is 1.77 bits per heavy atom. The number of carbonyl (C=O) groups excluding carboxylic acids is 1. The summed E-state index contributed by atoms with van der Waals surface area (Å²) in [5.74, 6) is -3.50. The Morgan fingerprint density at radius 1 is 1.15 bits per heavy atom. The van der Waals surface area contributed by atoms with Crippen molar-refractivity contribution in [2.24, 2.45) is 0 Å². The van der Waals surface area contributed by atoms with E-state index in [2.05, 4.69) is 5.32 Å². The molecule has 0 fully saturated rings. The van der Waals surface area contributed by atoms with Crippen molar-refractivity contribution in [3.63, 3.8) is 0 Å². The quantitative estimate of drug-likeness (QED) is 0.484. The summed E-state index contributed by atoms with van der Waals surface area (Å²) < 4.78 is 14.4. The number of hydrogen-bond acceptors (Lipinski definition) is 4. The molecule has 1 aromatic carbocycles. The standard InChI is InChI=1S/C16H19Cl2FN2O5/c17-5-7-21(8-6-18)13-3-1-10(9-11(13)19)15(24)20-12(16(25)26)2-4-14(22)23/h1,3,9,12H,2,4-8H2,(H,20,24)(H,22,23)(H,25,26). The van der Waals surface area contributed by atoms with Crippen molar-refractivity contribution < 1.29 is 29.0 Å². The van der Waals surface area contributed by atoms with Crippen LogP contribution in [-0.2, 0) is 9.59 Å². The molecule has 0 aliphatic rings. The molecule has 7 nitrogen and oxygen atoms in total. The van der Waals surface area contributed by atoms with Gasteiger partial charge in [-0.25, -0.2) is 9.18 Å². The molecule has 0 radical (unpaired) electrons. The maximum absolute atomic E-state index is 14.4. The molecule has 0 saturated heterocycles. The maximum Gasteiger partial charge on any atom is 0.326 e. The van der Waals surface area contributed by atoms with Crippen molar-refractivity contribution in [1.29, 1.82) is 0 Å². The molecule has 144 valence electrons. The number of alkyl halides is 2. The van der Waals surface area contributed by atoms with E-state index in [0.717, 1.165) is 6.07 Å². The van der Waals surface area contributed by atoms with E-state index in [1.165, 1.54) is 12.1 Å². The van der Waals surface area contributed by atoms with E-state index in [1.54, 1.807) is 4.90 Å². The highest BCUT2D eigenvalue weighted by Gasteiger charge is 2.22.